The first-order valence-corrected chi connectivity index (χ1v) is 7.06. The summed E-state index contributed by atoms with van der Waals surface area (Å²) < 4.78 is 0. The molecule has 0 spiro atoms. The molecule has 0 saturated heterocycles. The van der Waals surface area contributed by atoms with Crippen LogP contribution in [0.1, 0.15) is 11.1 Å². The summed E-state index contributed by atoms with van der Waals surface area (Å²) in [7, 11) is 0. The smallest absolute Gasteiger partial charge is 0.284 e. The van der Waals surface area contributed by atoms with Crippen LogP contribution in [0.4, 0.5) is 11.4 Å². The van der Waals surface area contributed by atoms with Crippen LogP contribution < -0.4 is 5.73 Å². The number of nitrogen functional groups attached to an aromatic ring is 1. The van der Waals surface area contributed by atoms with Gasteiger partial charge in [0.05, 0.1) is 9.82 Å². The summed E-state index contributed by atoms with van der Waals surface area (Å²) in [6.45, 7) is 3.88. The van der Waals surface area contributed by atoms with Gasteiger partial charge in [-0.15, -0.1) is 0 Å². The topological polar surface area (TPSA) is 69.2 Å². The molecule has 0 aromatic heterocycles. The van der Waals surface area contributed by atoms with Crippen LogP contribution in [0.25, 0.3) is 0 Å². The predicted molar refractivity (Wildman–Crippen MR) is 82.6 cm³/mol. The summed E-state index contributed by atoms with van der Waals surface area (Å²) >= 11 is 7.09. The lowest BCUT2D eigenvalue weighted by Crippen LogP contribution is -1.95. The van der Waals surface area contributed by atoms with Crippen LogP contribution in [0.3, 0.4) is 0 Å². The lowest BCUT2D eigenvalue weighted by molar-refractivity contribution is -0.387. The molecule has 20 heavy (non-hydrogen) atoms. The van der Waals surface area contributed by atoms with Gasteiger partial charge in [-0.05, 0) is 43.2 Å². The highest BCUT2D eigenvalue weighted by atomic mass is 35.5. The van der Waals surface area contributed by atoms with Gasteiger partial charge in [0.25, 0.3) is 5.69 Å². The number of nitro groups is 1. The van der Waals surface area contributed by atoms with Gasteiger partial charge in [-0.2, -0.15) is 0 Å². The first-order chi connectivity index (χ1) is 9.38. The number of nitrogens with zero attached hydrogens (tertiary/aromatic N) is 1. The van der Waals surface area contributed by atoms with Gasteiger partial charge in [0.1, 0.15) is 0 Å². The zero-order valence-electron chi connectivity index (χ0n) is 11.0. The lowest BCUT2D eigenvalue weighted by Gasteiger charge is -2.10. The van der Waals surface area contributed by atoms with Gasteiger partial charge in [-0.3, -0.25) is 10.1 Å². The van der Waals surface area contributed by atoms with E-state index in [9.17, 15) is 10.1 Å². The first kappa shape index (κ1) is 14.7. The monoisotopic (exact) mass is 308 g/mol. The van der Waals surface area contributed by atoms with Crippen LogP contribution in [-0.4, -0.2) is 4.92 Å². The maximum absolute atomic E-state index is 11.1. The van der Waals surface area contributed by atoms with Crippen LogP contribution >= 0.6 is 23.4 Å². The molecule has 0 aliphatic carbocycles. The van der Waals surface area contributed by atoms with Crippen LogP contribution in [0.2, 0.25) is 5.02 Å². The number of hydrogen-bond acceptors (Lipinski definition) is 4. The standard InChI is InChI=1S/C14H13ClN2O2S/c1-8-5-9(2)14(16)13(6-8)20-12-4-3-10(15)7-11(12)17(18)19/h3-7H,16H2,1-2H3. The van der Waals surface area contributed by atoms with E-state index in [0.29, 0.717) is 15.6 Å². The summed E-state index contributed by atoms with van der Waals surface area (Å²) in [5, 5.41) is 11.4. The Kier molecular flexibility index (Phi) is 4.20. The van der Waals surface area contributed by atoms with Gasteiger partial charge >= 0.3 is 0 Å². The Labute approximate surface area is 126 Å². The van der Waals surface area contributed by atoms with E-state index >= 15 is 0 Å². The Morgan fingerprint density at radius 1 is 1.20 bits per heavy atom. The second-order valence-corrected chi connectivity index (χ2v) is 5.99. The van der Waals surface area contributed by atoms with E-state index in [4.69, 9.17) is 17.3 Å². The van der Waals surface area contributed by atoms with Crippen molar-refractivity contribution in [3.8, 4) is 0 Å². The largest absolute Gasteiger partial charge is 0.398 e. The normalized spacial score (nSPS) is 10.6. The third-order valence-electron chi connectivity index (χ3n) is 2.83. The van der Waals surface area contributed by atoms with Crippen LogP contribution in [0, 0.1) is 24.0 Å². The SMILES string of the molecule is Cc1cc(C)c(N)c(Sc2ccc(Cl)cc2[N+](=O)[O-])c1. The van der Waals surface area contributed by atoms with E-state index in [1.807, 2.05) is 26.0 Å². The van der Waals surface area contributed by atoms with E-state index in [-0.39, 0.29) is 5.69 Å². The highest BCUT2D eigenvalue weighted by molar-refractivity contribution is 7.99. The molecular formula is C14H13ClN2O2S. The molecule has 0 saturated carbocycles. The summed E-state index contributed by atoms with van der Waals surface area (Å²) in [5.41, 5.74) is 8.70. The van der Waals surface area contributed by atoms with Gasteiger partial charge in [-0.1, -0.05) is 29.4 Å². The first-order valence-electron chi connectivity index (χ1n) is 5.87. The van der Waals surface area contributed by atoms with E-state index in [0.717, 1.165) is 16.0 Å². The molecule has 0 amide bonds. The molecule has 0 heterocycles. The highest BCUT2D eigenvalue weighted by Crippen LogP contribution is 2.39. The number of anilines is 1. The maximum atomic E-state index is 11.1. The zero-order valence-corrected chi connectivity index (χ0v) is 12.6. The second-order valence-electron chi connectivity index (χ2n) is 4.46. The Hall–Kier alpha value is -1.72. The molecule has 0 atom stereocenters. The van der Waals surface area contributed by atoms with Crippen molar-refractivity contribution in [3.63, 3.8) is 0 Å². The lowest BCUT2D eigenvalue weighted by atomic mass is 10.1. The van der Waals surface area contributed by atoms with E-state index in [1.54, 1.807) is 12.1 Å². The van der Waals surface area contributed by atoms with Crippen molar-refractivity contribution < 1.29 is 4.92 Å². The Balaban J connectivity index is 2.48. The molecule has 4 nitrogen and oxygen atoms in total. The number of aryl methyl sites for hydroxylation is 2. The van der Waals surface area contributed by atoms with Gasteiger partial charge in [0, 0.05) is 21.7 Å². The van der Waals surface area contributed by atoms with Crippen molar-refractivity contribution >= 4 is 34.7 Å². The molecule has 0 fully saturated rings. The van der Waals surface area contributed by atoms with Crippen molar-refractivity contribution in [2.24, 2.45) is 0 Å². The molecule has 2 aromatic carbocycles. The molecule has 0 aliphatic rings. The molecule has 104 valence electrons. The van der Waals surface area contributed by atoms with Crippen molar-refractivity contribution in [2.75, 3.05) is 5.73 Å². The highest BCUT2D eigenvalue weighted by Gasteiger charge is 2.17. The minimum absolute atomic E-state index is 0.0129. The van der Waals surface area contributed by atoms with E-state index in [1.165, 1.54) is 17.8 Å². The van der Waals surface area contributed by atoms with Gasteiger partial charge in [-0.25, -0.2) is 0 Å². The number of halogens is 1. The molecule has 0 radical (unpaired) electrons. The third kappa shape index (κ3) is 3.05. The van der Waals surface area contributed by atoms with Crippen molar-refractivity contribution in [1.29, 1.82) is 0 Å². The number of rotatable bonds is 3. The zero-order chi connectivity index (χ0) is 14.9. The molecule has 0 bridgehead atoms. The molecule has 2 N–H and O–H groups in total. The number of nitrogens with two attached hydrogens (primary N) is 1. The van der Waals surface area contributed by atoms with Gasteiger partial charge in [0.2, 0.25) is 0 Å². The second kappa shape index (κ2) is 5.73. The summed E-state index contributed by atoms with van der Waals surface area (Å²) in [6.07, 6.45) is 0. The van der Waals surface area contributed by atoms with Crippen LogP contribution in [-0.2, 0) is 0 Å². The van der Waals surface area contributed by atoms with Crippen molar-refractivity contribution in [1.82, 2.24) is 0 Å². The van der Waals surface area contributed by atoms with Crippen molar-refractivity contribution in [3.05, 3.63) is 56.6 Å². The van der Waals surface area contributed by atoms with Crippen LogP contribution in [0.15, 0.2) is 40.1 Å². The third-order valence-corrected chi connectivity index (χ3v) is 4.19. The molecule has 0 aliphatic heterocycles. The number of nitro benzene ring substituents is 1. The maximum Gasteiger partial charge on any atom is 0.284 e. The fraction of sp³-hybridized carbons (Fsp3) is 0.143. The minimum atomic E-state index is -0.437. The number of hydrogen-bond donors (Lipinski definition) is 1. The molecule has 0 unspecified atom stereocenters. The van der Waals surface area contributed by atoms with Crippen molar-refractivity contribution in [2.45, 2.75) is 23.6 Å². The van der Waals surface area contributed by atoms with Gasteiger partial charge < -0.3 is 5.73 Å². The molecule has 6 heteroatoms. The van der Waals surface area contributed by atoms with E-state index in [2.05, 4.69) is 0 Å². The fourth-order valence-electron chi connectivity index (χ4n) is 1.86. The average molecular weight is 309 g/mol. The predicted octanol–water partition coefficient (Wildman–Crippen LogP) is 4.60. The minimum Gasteiger partial charge on any atom is -0.398 e. The Morgan fingerprint density at radius 3 is 2.55 bits per heavy atom. The summed E-state index contributed by atoms with van der Waals surface area (Å²) in [5.74, 6) is 0. The van der Waals surface area contributed by atoms with Gasteiger partial charge in [0.15, 0.2) is 0 Å². The Morgan fingerprint density at radius 2 is 1.90 bits per heavy atom. The summed E-state index contributed by atoms with van der Waals surface area (Å²) in [4.78, 5) is 12.0. The van der Waals surface area contributed by atoms with Crippen LogP contribution in [0.5, 0.6) is 0 Å². The molecular weight excluding hydrogens is 296 g/mol. The van der Waals surface area contributed by atoms with E-state index < -0.39 is 4.92 Å². The molecule has 2 aromatic rings. The average Bonchev–Trinajstić information content (AvgIpc) is 2.37. The fourth-order valence-corrected chi connectivity index (χ4v) is 3.16. The molecule has 2 rings (SSSR count). The Bertz CT molecular complexity index is 689. The summed E-state index contributed by atoms with van der Waals surface area (Å²) in [6, 6.07) is 8.53. The number of benzene rings is 2. The quantitative estimate of drug-likeness (QED) is 0.511.